The Kier molecular flexibility index (Phi) is 9.65. The monoisotopic (exact) mass is 569 g/mol. The summed E-state index contributed by atoms with van der Waals surface area (Å²) in [6.07, 6.45) is 1.45. The number of amides is 2. The Morgan fingerprint density at radius 1 is 0.900 bits per heavy atom. The fraction of sp³-hybridized carbons (Fsp3) is 0.333. The van der Waals surface area contributed by atoms with Crippen molar-refractivity contribution in [2.24, 2.45) is 0 Å². The van der Waals surface area contributed by atoms with Crippen LogP contribution in [-0.4, -0.2) is 66.6 Å². The van der Waals surface area contributed by atoms with Crippen LogP contribution in [0.5, 0.6) is 0 Å². The number of likely N-dealkylation sites (tertiary alicyclic amines) is 1. The minimum absolute atomic E-state index is 0.110. The lowest BCUT2D eigenvalue weighted by Crippen LogP contribution is -2.51. The van der Waals surface area contributed by atoms with E-state index in [0.29, 0.717) is 43.5 Å². The average Bonchev–Trinajstić information content (AvgIpc) is 2.96. The second kappa shape index (κ2) is 13.1. The summed E-state index contributed by atoms with van der Waals surface area (Å²) in [6.45, 7) is 2.51. The summed E-state index contributed by atoms with van der Waals surface area (Å²) in [6, 6.07) is 19.1. The summed E-state index contributed by atoms with van der Waals surface area (Å²) < 4.78 is 55.2. The van der Waals surface area contributed by atoms with Crippen molar-refractivity contribution >= 4 is 21.8 Å². The molecule has 3 aromatic carbocycles. The Bertz CT molecular complexity index is 1410. The van der Waals surface area contributed by atoms with Gasteiger partial charge in [0.25, 0.3) is 5.91 Å². The van der Waals surface area contributed by atoms with Crippen LogP contribution >= 0.6 is 0 Å². The van der Waals surface area contributed by atoms with E-state index in [9.17, 15) is 26.8 Å². The van der Waals surface area contributed by atoms with Gasteiger partial charge in [0.2, 0.25) is 15.9 Å². The van der Waals surface area contributed by atoms with E-state index in [2.05, 4.69) is 0 Å². The second-order valence-corrected chi connectivity index (χ2v) is 11.8. The molecule has 0 bridgehead atoms. The molecule has 0 spiro atoms. The van der Waals surface area contributed by atoms with E-state index in [-0.39, 0.29) is 42.4 Å². The van der Waals surface area contributed by atoms with Crippen LogP contribution in [0.25, 0.3) is 0 Å². The van der Waals surface area contributed by atoms with Crippen LogP contribution in [0, 0.1) is 11.6 Å². The zero-order chi connectivity index (χ0) is 28.7. The Labute approximate surface area is 234 Å². The SMILES string of the molecule is CCCN(CC(=O)N(Cc1cccc(F)c1)C1CCN(C(=O)c2ccc(F)cc2)CC1)S(=O)(=O)c1ccccc1. The second-order valence-electron chi connectivity index (χ2n) is 9.83. The molecule has 1 aliphatic rings. The molecule has 0 unspecified atom stereocenters. The predicted octanol–water partition coefficient (Wildman–Crippen LogP) is 4.70. The first kappa shape index (κ1) is 29.4. The van der Waals surface area contributed by atoms with Gasteiger partial charge >= 0.3 is 0 Å². The maximum atomic E-state index is 14.0. The van der Waals surface area contributed by atoms with Crippen LogP contribution in [-0.2, 0) is 21.4 Å². The molecule has 3 aromatic rings. The van der Waals surface area contributed by atoms with Crippen LogP contribution in [0.2, 0.25) is 0 Å². The molecule has 0 atom stereocenters. The van der Waals surface area contributed by atoms with Crippen molar-refractivity contribution in [1.29, 1.82) is 0 Å². The highest BCUT2D eigenvalue weighted by Gasteiger charge is 2.33. The molecule has 1 saturated heterocycles. The molecule has 0 radical (unpaired) electrons. The highest BCUT2D eigenvalue weighted by atomic mass is 32.2. The summed E-state index contributed by atoms with van der Waals surface area (Å²) in [5.74, 6) is -1.46. The average molecular weight is 570 g/mol. The molecule has 0 aliphatic carbocycles. The number of piperidine rings is 1. The van der Waals surface area contributed by atoms with Gasteiger partial charge < -0.3 is 9.80 Å². The first-order valence-corrected chi connectivity index (χ1v) is 14.8. The predicted molar refractivity (Wildman–Crippen MR) is 148 cm³/mol. The van der Waals surface area contributed by atoms with Gasteiger partial charge in [0.1, 0.15) is 11.6 Å². The van der Waals surface area contributed by atoms with Crippen molar-refractivity contribution < 1.29 is 26.8 Å². The fourth-order valence-corrected chi connectivity index (χ4v) is 6.43. The Morgan fingerprint density at radius 3 is 2.20 bits per heavy atom. The third-order valence-electron chi connectivity index (χ3n) is 7.01. The lowest BCUT2D eigenvalue weighted by atomic mass is 10.0. The minimum atomic E-state index is -3.91. The summed E-state index contributed by atoms with van der Waals surface area (Å²) in [7, 11) is -3.91. The lowest BCUT2D eigenvalue weighted by molar-refractivity contribution is -0.135. The van der Waals surface area contributed by atoms with Crippen molar-refractivity contribution in [3.05, 3.63) is 102 Å². The summed E-state index contributed by atoms with van der Waals surface area (Å²) in [5, 5.41) is 0. The summed E-state index contributed by atoms with van der Waals surface area (Å²) in [5.41, 5.74) is 0.972. The van der Waals surface area contributed by atoms with E-state index in [0.717, 1.165) is 0 Å². The quantitative estimate of drug-likeness (QED) is 0.355. The number of hydrogen-bond donors (Lipinski definition) is 0. The number of nitrogens with zero attached hydrogens (tertiary/aromatic N) is 3. The smallest absolute Gasteiger partial charge is 0.253 e. The Balaban J connectivity index is 1.53. The Morgan fingerprint density at radius 2 is 1.57 bits per heavy atom. The molecule has 10 heteroatoms. The van der Waals surface area contributed by atoms with Crippen LogP contribution in [0.4, 0.5) is 8.78 Å². The van der Waals surface area contributed by atoms with Crippen molar-refractivity contribution in [1.82, 2.24) is 14.1 Å². The van der Waals surface area contributed by atoms with Crippen molar-refractivity contribution in [3.8, 4) is 0 Å². The van der Waals surface area contributed by atoms with Crippen LogP contribution in [0.1, 0.15) is 42.1 Å². The standard InChI is InChI=1S/C30H33F2N3O4S/c1-2-17-34(40(38,39)28-9-4-3-5-10-28)22-29(36)35(21-23-7-6-8-26(32)20-23)27-15-18-33(19-16-27)30(37)24-11-13-25(31)14-12-24/h3-14,20,27H,2,15-19,21-22H2,1H3. The van der Waals surface area contributed by atoms with E-state index in [1.165, 1.54) is 52.8 Å². The third kappa shape index (κ3) is 7.11. The number of hydrogen-bond acceptors (Lipinski definition) is 4. The van der Waals surface area contributed by atoms with Gasteiger partial charge in [-0.1, -0.05) is 37.3 Å². The number of rotatable bonds is 10. The van der Waals surface area contributed by atoms with E-state index in [1.54, 1.807) is 40.1 Å². The van der Waals surface area contributed by atoms with E-state index in [1.807, 2.05) is 6.92 Å². The van der Waals surface area contributed by atoms with Gasteiger partial charge in [-0.3, -0.25) is 9.59 Å². The van der Waals surface area contributed by atoms with Crippen LogP contribution in [0.3, 0.4) is 0 Å². The number of benzene rings is 3. The molecule has 0 aromatic heterocycles. The van der Waals surface area contributed by atoms with Gasteiger partial charge in [0.15, 0.2) is 0 Å². The molecule has 4 rings (SSSR count). The molecule has 7 nitrogen and oxygen atoms in total. The first-order chi connectivity index (χ1) is 19.2. The van der Waals surface area contributed by atoms with Gasteiger partial charge in [0.05, 0.1) is 11.4 Å². The topological polar surface area (TPSA) is 78.0 Å². The number of carbonyl (C=O) groups is 2. The largest absolute Gasteiger partial charge is 0.338 e. The molecule has 212 valence electrons. The van der Waals surface area contributed by atoms with E-state index in [4.69, 9.17) is 0 Å². The van der Waals surface area contributed by atoms with Crippen LogP contribution in [0.15, 0.2) is 83.8 Å². The molecule has 40 heavy (non-hydrogen) atoms. The van der Waals surface area contributed by atoms with Gasteiger partial charge in [-0.05, 0) is 73.4 Å². The van der Waals surface area contributed by atoms with Crippen molar-refractivity contribution in [2.45, 2.75) is 43.7 Å². The highest BCUT2D eigenvalue weighted by molar-refractivity contribution is 7.89. The fourth-order valence-electron chi connectivity index (χ4n) is 4.93. The summed E-state index contributed by atoms with van der Waals surface area (Å²) in [4.78, 5) is 30.1. The molecule has 0 saturated carbocycles. The molecule has 1 fully saturated rings. The zero-order valence-electron chi connectivity index (χ0n) is 22.4. The molecular weight excluding hydrogens is 536 g/mol. The molecule has 2 amide bonds. The summed E-state index contributed by atoms with van der Waals surface area (Å²) >= 11 is 0. The number of halogens is 2. The highest BCUT2D eigenvalue weighted by Crippen LogP contribution is 2.23. The third-order valence-corrected chi connectivity index (χ3v) is 8.87. The Hall–Kier alpha value is -3.63. The molecule has 1 aliphatic heterocycles. The van der Waals surface area contributed by atoms with Crippen molar-refractivity contribution in [3.63, 3.8) is 0 Å². The number of carbonyl (C=O) groups excluding carboxylic acids is 2. The van der Waals surface area contributed by atoms with E-state index >= 15 is 0 Å². The van der Waals surface area contributed by atoms with Gasteiger partial charge in [-0.25, -0.2) is 17.2 Å². The van der Waals surface area contributed by atoms with Gasteiger partial charge in [-0.2, -0.15) is 4.31 Å². The molecular formula is C30H33F2N3O4S. The lowest BCUT2D eigenvalue weighted by Gasteiger charge is -2.39. The van der Waals surface area contributed by atoms with Gasteiger partial charge in [0, 0.05) is 37.8 Å². The zero-order valence-corrected chi connectivity index (χ0v) is 23.2. The maximum Gasteiger partial charge on any atom is 0.253 e. The van der Waals surface area contributed by atoms with Gasteiger partial charge in [-0.15, -0.1) is 0 Å². The number of sulfonamides is 1. The normalized spacial score (nSPS) is 14.3. The van der Waals surface area contributed by atoms with Crippen molar-refractivity contribution in [2.75, 3.05) is 26.2 Å². The minimum Gasteiger partial charge on any atom is -0.338 e. The maximum absolute atomic E-state index is 14.0. The van der Waals surface area contributed by atoms with E-state index < -0.39 is 21.7 Å². The first-order valence-electron chi connectivity index (χ1n) is 13.3. The molecule has 1 heterocycles. The molecule has 0 N–H and O–H groups in total. The van der Waals surface area contributed by atoms with Crippen LogP contribution < -0.4 is 0 Å².